The van der Waals surface area contributed by atoms with Crippen LogP contribution in [0.3, 0.4) is 0 Å². The van der Waals surface area contributed by atoms with Crippen molar-refractivity contribution >= 4 is 24.1 Å². The van der Waals surface area contributed by atoms with Gasteiger partial charge in [-0.05, 0) is 45.5 Å². The standard InChI is InChI=1S/C19H13N.ClH/c1-3-9-17-15(7-1)16-8-2-4-10-18(16)19(17)12-14-6-5-11-20-13-14;/h1-13H;1H. The zero-order chi connectivity index (χ0) is 13.4. The van der Waals surface area contributed by atoms with Crippen LogP contribution in [0.5, 0.6) is 0 Å². The molecule has 1 aliphatic carbocycles. The van der Waals surface area contributed by atoms with Crippen molar-refractivity contribution in [2.45, 2.75) is 0 Å². The number of halogens is 1. The molecule has 1 aromatic heterocycles. The maximum Gasteiger partial charge on any atom is 0.0340 e. The maximum atomic E-state index is 4.19. The third-order valence-corrected chi connectivity index (χ3v) is 3.72. The summed E-state index contributed by atoms with van der Waals surface area (Å²) < 4.78 is 0. The van der Waals surface area contributed by atoms with E-state index in [4.69, 9.17) is 0 Å². The van der Waals surface area contributed by atoms with Crippen LogP contribution in [0.4, 0.5) is 0 Å². The van der Waals surface area contributed by atoms with Gasteiger partial charge in [0.2, 0.25) is 0 Å². The second kappa shape index (κ2) is 5.55. The summed E-state index contributed by atoms with van der Waals surface area (Å²) in [6, 6.07) is 21.2. The Hall–Kier alpha value is -2.38. The molecule has 4 rings (SSSR count). The molecule has 0 unspecified atom stereocenters. The lowest BCUT2D eigenvalue weighted by Crippen LogP contribution is -1.82. The quantitative estimate of drug-likeness (QED) is 0.477. The molecule has 2 heteroatoms. The minimum atomic E-state index is 0. The van der Waals surface area contributed by atoms with Gasteiger partial charge in [-0.15, -0.1) is 12.4 Å². The van der Waals surface area contributed by atoms with Crippen molar-refractivity contribution in [1.29, 1.82) is 0 Å². The summed E-state index contributed by atoms with van der Waals surface area (Å²) in [5.41, 5.74) is 7.66. The number of pyridine rings is 1. The van der Waals surface area contributed by atoms with E-state index < -0.39 is 0 Å². The molecule has 102 valence electrons. The van der Waals surface area contributed by atoms with Gasteiger partial charge in [-0.2, -0.15) is 0 Å². The van der Waals surface area contributed by atoms with Gasteiger partial charge < -0.3 is 0 Å². The zero-order valence-electron chi connectivity index (χ0n) is 11.4. The lowest BCUT2D eigenvalue weighted by molar-refractivity contribution is 1.32. The monoisotopic (exact) mass is 291 g/mol. The van der Waals surface area contributed by atoms with Crippen molar-refractivity contribution in [3.05, 3.63) is 89.7 Å². The molecule has 0 saturated heterocycles. The third-order valence-electron chi connectivity index (χ3n) is 3.72. The lowest BCUT2D eigenvalue weighted by atomic mass is 10.0. The molecule has 0 aliphatic heterocycles. The van der Waals surface area contributed by atoms with E-state index in [2.05, 4.69) is 65.7 Å². The van der Waals surface area contributed by atoms with Crippen molar-refractivity contribution < 1.29 is 0 Å². The summed E-state index contributed by atoms with van der Waals surface area (Å²) in [6.07, 6.45) is 5.92. The highest BCUT2D eigenvalue weighted by Gasteiger charge is 2.21. The van der Waals surface area contributed by atoms with Crippen LogP contribution in [0.25, 0.3) is 22.8 Å². The van der Waals surface area contributed by atoms with Crippen LogP contribution >= 0.6 is 12.4 Å². The van der Waals surface area contributed by atoms with Gasteiger partial charge in [-0.3, -0.25) is 4.98 Å². The largest absolute Gasteiger partial charge is 0.264 e. The zero-order valence-corrected chi connectivity index (χ0v) is 12.2. The van der Waals surface area contributed by atoms with Crippen molar-refractivity contribution in [1.82, 2.24) is 4.98 Å². The molecule has 0 fully saturated rings. The van der Waals surface area contributed by atoms with E-state index in [0.29, 0.717) is 0 Å². The molecule has 1 heterocycles. The molecule has 0 atom stereocenters. The molecule has 2 aromatic carbocycles. The SMILES string of the molecule is C(=C1c2ccccc2-c2ccccc21)c1cccnc1.Cl. The Balaban J connectivity index is 0.00000132. The van der Waals surface area contributed by atoms with Crippen LogP contribution in [0.2, 0.25) is 0 Å². The molecule has 0 saturated carbocycles. The van der Waals surface area contributed by atoms with Gasteiger partial charge >= 0.3 is 0 Å². The molecule has 1 nitrogen and oxygen atoms in total. The fraction of sp³-hybridized carbons (Fsp3) is 0. The maximum absolute atomic E-state index is 4.19. The molecule has 0 spiro atoms. The highest BCUT2D eigenvalue weighted by Crippen LogP contribution is 2.44. The fourth-order valence-corrected chi connectivity index (χ4v) is 2.83. The Morgan fingerprint density at radius 2 is 1.24 bits per heavy atom. The van der Waals surface area contributed by atoms with E-state index >= 15 is 0 Å². The van der Waals surface area contributed by atoms with Crippen LogP contribution in [0.1, 0.15) is 16.7 Å². The molecular weight excluding hydrogens is 278 g/mol. The number of benzene rings is 2. The minimum Gasteiger partial charge on any atom is -0.264 e. The average Bonchev–Trinajstić information content (AvgIpc) is 2.84. The van der Waals surface area contributed by atoms with Gasteiger partial charge in [0.15, 0.2) is 0 Å². The van der Waals surface area contributed by atoms with Gasteiger partial charge in [0.1, 0.15) is 0 Å². The van der Waals surface area contributed by atoms with Gasteiger partial charge in [-0.1, -0.05) is 54.6 Å². The number of hydrogen-bond acceptors (Lipinski definition) is 1. The first-order chi connectivity index (χ1) is 9.93. The van der Waals surface area contributed by atoms with E-state index in [1.165, 1.54) is 27.8 Å². The summed E-state index contributed by atoms with van der Waals surface area (Å²) in [4.78, 5) is 4.19. The first-order valence-corrected chi connectivity index (χ1v) is 6.74. The highest BCUT2D eigenvalue weighted by molar-refractivity contribution is 6.06. The predicted octanol–water partition coefficient (Wildman–Crippen LogP) is 5.07. The van der Waals surface area contributed by atoms with Crippen LogP contribution in [0, 0.1) is 0 Å². The number of rotatable bonds is 1. The highest BCUT2D eigenvalue weighted by atomic mass is 35.5. The first-order valence-electron chi connectivity index (χ1n) is 6.74. The predicted molar refractivity (Wildman–Crippen MR) is 90.3 cm³/mol. The van der Waals surface area contributed by atoms with Crippen molar-refractivity contribution in [3.8, 4) is 11.1 Å². The molecule has 21 heavy (non-hydrogen) atoms. The second-order valence-corrected chi connectivity index (χ2v) is 4.94. The summed E-state index contributed by atoms with van der Waals surface area (Å²) in [5.74, 6) is 0. The molecular formula is C19H14ClN. The summed E-state index contributed by atoms with van der Waals surface area (Å²) in [7, 11) is 0. The van der Waals surface area contributed by atoms with Gasteiger partial charge in [0.05, 0.1) is 0 Å². The summed E-state index contributed by atoms with van der Waals surface area (Å²) in [5, 5.41) is 0. The molecule has 0 bridgehead atoms. The number of fused-ring (bicyclic) bond motifs is 3. The summed E-state index contributed by atoms with van der Waals surface area (Å²) >= 11 is 0. The topological polar surface area (TPSA) is 12.9 Å². The Labute approximate surface area is 130 Å². The molecule has 0 N–H and O–H groups in total. The first kappa shape index (κ1) is 13.6. The van der Waals surface area contributed by atoms with Crippen LogP contribution < -0.4 is 0 Å². The van der Waals surface area contributed by atoms with Crippen molar-refractivity contribution in [3.63, 3.8) is 0 Å². The van der Waals surface area contributed by atoms with Crippen LogP contribution in [-0.2, 0) is 0 Å². The van der Waals surface area contributed by atoms with E-state index in [1.54, 1.807) is 6.20 Å². The average molecular weight is 292 g/mol. The number of hydrogen-bond donors (Lipinski definition) is 0. The number of aromatic nitrogens is 1. The van der Waals surface area contributed by atoms with Crippen LogP contribution in [-0.4, -0.2) is 4.98 Å². The third kappa shape index (κ3) is 2.26. The van der Waals surface area contributed by atoms with Crippen LogP contribution in [0.15, 0.2) is 73.1 Å². The van der Waals surface area contributed by atoms with Crippen molar-refractivity contribution in [2.75, 3.05) is 0 Å². The number of nitrogens with zero attached hydrogens (tertiary/aromatic N) is 1. The summed E-state index contributed by atoms with van der Waals surface area (Å²) in [6.45, 7) is 0. The Kier molecular flexibility index (Phi) is 3.59. The molecule has 3 aromatic rings. The van der Waals surface area contributed by atoms with Gasteiger partial charge in [0, 0.05) is 12.4 Å². The Morgan fingerprint density at radius 1 is 0.667 bits per heavy atom. The Morgan fingerprint density at radius 3 is 1.76 bits per heavy atom. The van der Waals surface area contributed by atoms with Gasteiger partial charge in [-0.25, -0.2) is 0 Å². The van der Waals surface area contributed by atoms with E-state index in [0.717, 1.165) is 5.56 Å². The Bertz CT molecular complexity index is 759. The molecule has 1 aliphatic rings. The molecule has 0 radical (unpaired) electrons. The van der Waals surface area contributed by atoms with Gasteiger partial charge in [0.25, 0.3) is 0 Å². The van der Waals surface area contributed by atoms with E-state index in [9.17, 15) is 0 Å². The normalized spacial score (nSPS) is 11.3. The smallest absolute Gasteiger partial charge is 0.0340 e. The van der Waals surface area contributed by atoms with Crippen molar-refractivity contribution in [2.24, 2.45) is 0 Å². The fourth-order valence-electron chi connectivity index (χ4n) is 2.83. The second-order valence-electron chi connectivity index (χ2n) is 4.94. The van der Waals surface area contributed by atoms with E-state index in [-0.39, 0.29) is 12.4 Å². The minimum absolute atomic E-state index is 0. The molecule has 0 amide bonds. The van der Waals surface area contributed by atoms with E-state index in [1.807, 2.05) is 12.3 Å². The lowest BCUT2D eigenvalue weighted by Gasteiger charge is -2.02.